The molecule has 0 aliphatic rings. The average Bonchev–Trinajstić information content (AvgIpc) is 3.23. The van der Waals surface area contributed by atoms with E-state index in [9.17, 15) is 30.6 Å². The molecule has 41 heavy (non-hydrogen) atoms. The van der Waals surface area contributed by atoms with Gasteiger partial charge >= 0.3 is 225 Å². The zero-order valence-corrected chi connectivity index (χ0v) is 30.3. The van der Waals surface area contributed by atoms with Gasteiger partial charge in [-0.05, 0) is 0 Å². The number of rotatable bonds is 18. The van der Waals surface area contributed by atoms with Crippen molar-refractivity contribution in [2.45, 2.75) is 53.0 Å². The van der Waals surface area contributed by atoms with Crippen LogP contribution in [0.2, 0.25) is 0 Å². The molecule has 2 aromatic rings. The first-order valence-corrected chi connectivity index (χ1v) is 14.4. The van der Waals surface area contributed by atoms with Crippen molar-refractivity contribution >= 4 is 59.1 Å². The van der Waals surface area contributed by atoms with Gasteiger partial charge in [0.1, 0.15) is 0 Å². The molecule has 0 bridgehead atoms. The summed E-state index contributed by atoms with van der Waals surface area (Å²) in [6.07, 6.45) is -1.39. The molecular weight excluding hydrogens is 724 g/mol. The SMILES string of the molecule is Cc1nn(CC(O)CN(CCO)CCO)c(C)c1[Se]c1c(C)nn(CC(O)CN(CCO)CCO)c1C.O.O.[Ge].[Ge]. The quantitative estimate of drug-likeness (QED) is 0.0787. The molecule has 0 aromatic carbocycles. The van der Waals surface area contributed by atoms with Crippen LogP contribution in [0, 0.1) is 27.7 Å². The van der Waals surface area contributed by atoms with E-state index in [1.54, 1.807) is 0 Å². The van der Waals surface area contributed by atoms with E-state index in [2.05, 4.69) is 10.2 Å². The number of aromatic nitrogens is 4. The van der Waals surface area contributed by atoms with Crippen molar-refractivity contribution in [3.05, 3.63) is 22.8 Å². The van der Waals surface area contributed by atoms with Gasteiger partial charge in [-0.3, -0.25) is 0 Å². The first-order chi connectivity index (χ1) is 17.6. The molecule has 2 unspecified atom stereocenters. The van der Waals surface area contributed by atoms with Crippen LogP contribution in [-0.2, 0) is 13.1 Å². The van der Waals surface area contributed by atoms with E-state index in [1.165, 1.54) is 0 Å². The van der Waals surface area contributed by atoms with Gasteiger partial charge in [0.2, 0.25) is 0 Å². The molecule has 2 atom stereocenters. The van der Waals surface area contributed by atoms with E-state index in [-0.39, 0.29) is 87.5 Å². The third kappa shape index (κ3) is 13.9. The molecule has 8 radical (unpaired) electrons. The van der Waals surface area contributed by atoms with E-state index in [0.29, 0.717) is 52.4 Å². The van der Waals surface area contributed by atoms with Crippen LogP contribution in [0.25, 0.3) is 0 Å². The van der Waals surface area contributed by atoms with Gasteiger partial charge in [-0.2, -0.15) is 0 Å². The zero-order chi connectivity index (χ0) is 27.5. The minimum absolute atomic E-state index is 0. The van der Waals surface area contributed by atoms with Gasteiger partial charge in [-0.25, -0.2) is 0 Å². The minimum atomic E-state index is -0.694. The Kier molecular flexibility index (Phi) is 25.3. The van der Waals surface area contributed by atoms with Crippen molar-refractivity contribution in [3.63, 3.8) is 0 Å². The number of hydrogen-bond acceptors (Lipinski definition) is 10. The summed E-state index contributed by atoms with van der Waals surface area (Å²) in [6, 6.07) is 0. The molecule has 2 heterocycles. The fourth-order valence-corrected chi connectivity index (χ4v) is 6.66. The Bertz CT molecular complexity index is 885. The zero-order valence-electron chi connectivity index (χ0n) is 24.4. The van der Waals surface area contributed by atoms with Gasteiger partial charge < -0.3 is 11.0 Å². The maximum atomic E-state index is 10.6. The van der Waals surface area contributed by atoms with Gasteiger partial charge in [0.15, 0.2) is 0 Å². The number of aryl methyl sites for hydroxylation is 2. The van der Waals surface area contributed by atoms with E-state index in [1.807, 2.05) is 46.9 Å². The normalized spacial score (nSPS) is 12.4. The summed E-state index contributed by atoms with van der Waals surface area (Å²) in [5, 5.41) is 67.4. The maximum Gasteiger partial charge on any atom is 0 e. The molecule has 0 aliphatic carbocycles. The third-order valence-electron chi connectivity index (χ3n) is 6.20. The van der Waals surface area contributed by atoms with Crippen molar-refractivity contribution in [1.29, 1.82) is 0 Å². The molecule has 0 saturated carbocycles. The molecule has 2 rings (SSSR count). The van der Waals surface area contributed by atoms with Gasteiger partial charge in [-0.1, -0.05) is 0 Å². The van der Waals surface area contributed by atoms with E-state index in [0.717, 1.165) is 31.7 Å². The van der Waals surface area contributed by atoms with Crippen molar-refractivity contribution in [1.82, 2.24) is 29.4 Å². The van der Waals surface area contributed by atoms with Gasteiger partial charge in [0.05, 0.1) is 0 Å². The summed E-state index contributed by atoms with van der Waals surface area (Å²) >= 11 is -0.0750. The van der Waals surface area contributed by atoms with Crippen LogP contribution in [0.15, 0.2) is 0 Å². The Morgan fingerprint density at radius 3 is 1.20 bits per heavy atom. The first-order valence-electron chi connectivity index (χ1n) is 12.6. The summed E-state index contributed by atoms with van der Waals surface area (Å²) < 4.78 is 5.91. The van der Waals surface area contributed by atoms with Crippen molar-refractivity contribution in [3.8, 4) is 0 Å². The van der Waals surface area contributed by atoms with E-state index < -0.39 is 12.2 Å². The minimum Gasteiger partial charge on any atom is -0.412 e. The monoisotopic (exact) mass is 776 g/mol. The second-order valence-electron chi connectivity index (χ2n) is 9.27. The van der Waals surface area contributed by atoms with Crippen LogP contribution in [0.4, 0.5) is 0 Å². The van der Waals surface area contributed by atoms with Crippen LogP contribution in [-0.4, -0.2) is 199 Å². The fraction of sp³-hybridized carbons (Fsp3) is 0.750. The first kappa shape index (κ1) is 45.1. The van der Waals surface area contributed by atoms with Crippen LogP contribution in [0.5, 0.6) is 0 Å². The molecular formula is C24H48Ge2N6O8Se. The summed E-state index contributed by atoms with van der Waals surface area (Å²) in [5.41, 5.74) is 3.79. The molecule has 0 spiro atoms. The molecule has 0 amide bonds. The van der Waals surface area contributed by atoms with Crippen molar-refractivity contribution in [2.75, 3.05) is 65.7 Å². The maximum absolute atomic E-state index is 10.6. The van der Waals surface area contributed by atoms with Gasteiger partial charge in [0, 0.05) is 35.2 Å². The summed E-state index contributed by atoms with van der Waals surface area (Å²) in [6.45, 7) is 10.6. The van der Waals surface area contributed by atoms with Crippen LogP contribution >= 0.6 is 0 Å². The largest absolute Gasteiger partial charge is 0.412 e. The Balaban J connectivity index is -0.00000361. The number of hydrogen-bond donors (Lipinski definition) is 6. The van der Waals surface area contributed by atoms with Crippen LogP contribution in [0.3, 0.4) is 0 Å². The predicted molar refractivity (Wildman–Crippen MR) is 160 cm³/mol. The topological polar surface area (TPSA) is 226 Å². The Labute approximate surface area is 270 Å². The molecule has 2 aromatic heterocycles. The molecule has 0 fully saturated rings. The Morgan fingerprint density at radius 2 is 0.927 bits per heavy atom. The van der Waals surface area contributed by atoms with Crippen LogP contribution < -0.4 is 8.92 Å². The third-order valence-corrected chi connectivity index (χ3v) is 9.54. The van der Waals surface area contributed by atoms with Gasteiger partial charge in [0.25, 0.3) is 0 Å². The van der Waals surface area contributed by atoms with Crippen molar-refractivity contribution in [2.24, 2.45) is 0 Å². The summed E-state index contributed by atoms with van der Waals surface area (Å²) in [7, 11) is 0. The average molecular weight is 773 g/mol. The predicted octanol–water partition coefficient (Wildman–Crippen LogP) is -6.15. The Hall–Kier alpha value is -0.375. The number of aliphatic hydroxyl groups is 6. The molecule has 14 nitrogen and oxygen atoms in total. The standard InChI is InChI=1S/C24H44N6O6Se.2Ge.2H2O/c1-17-23(19(3)29(25-17)15-21(35)13-27(5-9-31)6-10-32)37-24-18(2)26-30(20(24)4)16-22(36)14-28(7-11-33)8-12-34;;;;/h21-22,31-36H,5-16H2,1-4H3;;;2*1H2. The van der Waals surface area contributed by atoms with Gasteiger partial charge in [-0.15, -0.1) is 0 Å². The Morgan fingerprint density at radius 1 is 0.634 bits per heavy atom. The van der Waals surface area contributed by atoms with E-state index in [4.69, 9.17) is 0 Å². The molecule has 10 N–H and O–H groups in total. The second kappa shape index (κ2) is 23.1. The molecule has 236 valence electrons. The van der Waals surface area contributed by atoms with E-state index >= 15 is 0 Å². The summed E-state index contributed by atoms with van der Waals surface area (Å²) in [4.78, 5) is 3.65. The fourth-order valence-electron chi connectivity index (χ4n) is 4.38. The second-order valence-corrected chi connectivity index (χ2v) is 11.4. The number of aliphatic hydroxyl groups excluding tert-OH is 6. The van der Waals surface area contributed by atoms with Crippen LogP contribution in [0.1, 0.15) is 22.8 Å². The number of nitrogens with zero attached hydrogens (tertiary/aromatic N) is 6. The smallest absolute Gasteiger partial charge is 0 e. The molecule has 0 aliphatic heterocycles. The van der Waals surface area contributed by atoms with Crippen molar-refractivity contribution < 1.29 is 41.6 Å². The molecule has 0 saturated heterocycles. The summed E-state index contributed by atoms with van der Waals surface area (Å²) in [5.74, 6) is 0. The molecule has 17 heteroatoms.